The van der Waals surface area contributed by atoms with E-state index in [0.717, 1.165) is 16.5 Å². The molecule has 68 valence electrons. The molecular weight excluding hydrogens is 230 g/mol. The lowest BCUT2D eigenvalue weighted by Gasteiger charge is -2.01. The third-order valence-corrected chi connectivity index (χ3v) is 2.44. The number of methoxy groups -OCH3 is 1. The van der Waals surface area contributed by atoms with Gasteiger partial charge in [0.15, 0.2) is 0 Å². The molecule has 0 saturated heterocycles. The number of halogens is 1. The fraction of sp³-hybridized carbons (Fsp3) is 0.300. The van der Waals surface area contributed by atoms with Crippen LogP contribution >= 0.6 is 15.9 Å². The lowest BCUT2D eigenvalue weighted by atomic mass is 10.1. The zero-order valence-corrected chi connectivity index (χ0v) is 8.97. The second-order valence-electron chi connectivity index (χ2n) is 2.67. The van der Waals surface area contributed by atoms with Crippen LogP contribution in [0.25, 0.3) is 0 Å². The minimum atomic E-state index is 0.675. The summed E-state index contributed by atoms with van der Waals surface area (Å²) in [5.41, 5.74) is 1.80. The first kappa shape index (κ1) is 10.2. The largest absolute Gasteiger partial charge is 0.384 e. The second-order valence-corrected chi connectivity index (χ2v) is 3.52. The van der Waals surface area contributed by atoms with Crippen molar-refractivity contribution in [2.24, 2.45) is 0 Å². The summed E-state index contributed by atoms with van der Waals surface area (Å²) in [6.45, 7) is 0.687. The highest BCUT2D eigenvalue weighted by Gasteiger charge is 2.00. The molecule has 0 atom stereocenters. The summed E-state index contributed by atoms with van der Waals surface area (Å²) >= 11 is 3.31. The SMILES string of the molecule is COCCc1ccc(Br)c(C#N)c1. The molecule has 13 heavy (non-hydrogen) atoms. The molecule has 0 aliphatic heterocycles. The van der Waals surface area contributed by atoms with Gasteiger partial charge in [-0.2, -0.15) is 5.26 Å². The Bertz CT molecular complexity index is 330. The van der Waals surface area contributed by atoms with Crippen LogP contribution in [0.15, 0.2) is 22.7 Å². The molecule has 3 heteroatoms. The summed E-state index contributed by atoms with van der Waals surface area (Å²) in [4.78, 5) is 0. The quantitative estimate of drug-likeness (QED) is 0.813. The van der Waals surface area contributed by atoms with Gasteiger partial charge >= 0.3 is 0 Å². The van der Waals surface area contributed by atoms with E-state index in [2.05, 4.69) is 22.0 Å². The second kappa shape index (κ2) is 5.00. The first-order chi connectivity index (χ1) is 6.27. The predicted octanol–water partition coefficient (Wildman–Crippen LogP) is 2.51. The van der Waals surface area contributed by atoms with Crippen LogP contribution in [0, 0.1) is 11.3 Å². The van der Waals surface area contributed by atoms with Crippen molar-refractivity contribution in [3.63, 3.8) is 0 Å². The minimum Gasteiger partial charge on any atom is -0.384 e. The summed E-state index contributed by atoms with van der Waals surface area (Å²) in [6.07, 6.45) is 0.846. The summed E-state index contributed by atoms with van der Waals surface area (Å²) in [7, 11) is 1.67. The Morgan fingerprint density at radius 1 is 1.54 bits per heavy atom. The first-order valence-electron chi connectivity index (χ1n) is 3.95. The summed E-state index contributed by atoms with van der Waals surface area (Å²) in [5.74, 6) is 0. The Kier molecular flexibility index (Phi) is 3.94. The van der Waals surface area contributed by atoms with Crippen molar-refractivity contribution < 1.29 is 4.74 Å². The Morgan fingerprint density at radius 3 is 2.92 bits per heavy atom. The fourth-order valence-electron chi connectivity index (χ4n) is 1.03. The highest BCUT2D eigenvalue weighted by molar-refractivity contribution is 9.10. The molecular formula is C10H10BrNO. The maximum Gasteiger partial charge on any atom is 0.100 e. The van der Waals surface area contributed by atoms with Crippen LogP contribution in [-0.4, -0.2) is 13.7 Å². The van der Waals surface area contributed by atoms with E-state index < -0.39 is 0 Å². The number of rotatable bonds is 3. The molecule has 0 N–H and O–H groups in total. The van der Waals surface area contributed by atoms with Crippen LogP contribution in [0.5, 0.6) is 0 Å². The maximum absolute atomic E-state index is 8.76. The summed E-state index contributed by atoms with van der Waals surface area (Å²) in [5, 5.41) is 8.76. The summed E-state index contributed by atoms with van der Waals surface area (Å²) in [6, 6.07) is 7.88. The molecule has 0 heterocycles. The third-order valence-electron chi connectivity index (χ3n) is 1.75. The standard InChI is InChI=1S/C10H10BrNO/c1-13-5-4-8-2-3-10(11)9(6-8)7-12/h2-3,6H,4-5H2,1H3. The van der Waals surface area contributed by atoms with E-state index in [9.17, 15) is 0 Å². The number of hydrogen-bond acceptors (Lipinski definition) is 2. The van der Waals surface area contributed by atoms with Crippen LogP contribution in [0.4, 0.5) is 0 Å². The van der Waals surface area contributed by atoms with Gasteiger partial charge in [0.2, 0.25) is 0 Å². The van der Waals surface area contributed by atoms with Gasteiger partial charge in [-0.15, -0.1) is 0 Å². The van der Waals surface area contributed by atoms with Crippen molar-refractivity contribution in [3.8, 4) is 6.07 Å². The van der Waals surface area contributed by atoms with Gasteiger partial charge in [0.25, 0.3) is 0 Å². The van der Waals surface area contributed by atoms with E-state index in [1.54, 1.807) is 7.11 Å². The lowest BCUT2D eigenvalue weighted by molar-refractivity contribution is 0.202. The molecule has 0 unspecified atom stereocenters. The lowest BCUT2D eigenvalue weighted by Crippen LogP contribution is -1.94. The highest BCUT2D eigenvalue weighted by Crippen LogP contribution is 2.17. The molecule has 1 rings (SSSR count). The van der Waals surface area contributed by atoms with Crippen molar-refractivity contribution in [1.82, 2.24) is 0 Å². The van der Waals surface area contributed by atoms with Gasteiger partial charge in [-0.25, -0.2) is 0 Å². The molecule has 0 aliphatic rings. The Morgan fingerprint density at radius 2 is 2.31 bits per heavy atom. The van der Waals surface area contributed by atoms with E-state index in [1.165, 1.54) is 0 Å². The van der Waals surface area contributed by atoms with E-state index in [1.807, 2.05) is 18.2 Å². The van der Waals surface area contributed by atoms with Crippen molar-refractivity contribution in [1.29, 1.82) is 5.26 Å². The van der Waals surface area contributed by atoms with Crippen LogP contribution in [-0.2, 0) is 11.2 Å². The van der Waals surface area contributed by atoms with Gasteiger partial charge < -0.3 is 4.74 Å². The summed E-state index contributed by atoms with van der Waals surface area (Å²) < 4.78 is 5.80. The fourth-order valence-corrected chi connectivity index (χ4v) is 1.37. The van der Waals surface area contributed by atoms with E-state index >= 15 is 0 Å². The molecule has 1 aromatic carbocycles. The molecule has 0 spiro atoms. The van der Waals surface area contributed by atoms with Crippen LogP contribution < -0.4 is 0 Å². The van der Waals surface area contributed by atoms with Gasteiger partial charge in [-0.1, -0.05) is 6.07 Å². The Balaban J connectivity index is 2.82. The van der Waals surface area contributed by atoms with E-state index in [0.29, 0.717) is 12.2 Å². The van der Waals surface area contributed by atoms with Crippen molar-refractivity contribution in [3.05, 3.63) is 33.8 Å². The van der Waals surface area contributed by atoms with Gasteiger partial charge in [-0.05, 0) is 40.0 Å². The van der Waals surface area contributed by atoms with Gasteiger partial charge in [0.1, 0.15) is 6.07 Å². The molecule has 0 fully saturated rings. The molecule has 0 aromatic heterocycles. The Hall–Kier alpha value is -0.850. The predicted molar refractivity (Wildman–Crippen MR) is 54.4 cm³/mol. The van der Waals surface area contributed by atoms with Crippen molar-refractivity contribution in [2.45, 2.75) is 6.42 Å². The first-order valence-corrected chi connectivity index (χ1v) is 4.74. The van der Waals surface area contributed by atoms with Gasteiger partial charge in [-0.3, -0.25) is 0 Å². The zero-order valence-electron chi connectivity index (χ0n) is 7.38. The van der Waals surface area contributed by atoms with E-state index in [-0.39, 0.29) is 0 Å². The van der Waals surface area contributed by atoms with Crippen LogP contribution in [0.3, 0.4) is 0 Å². The van der Waals surface area contributed by atoms with Crippen molar-refractivity contribution >= 4 is 15.9 Å². The number of nitrogens with zero attached hydrogens (tertiary/aromatic N) is 1. The topological polar surface area (TPSA) is 33.0 Å². The smallest absolute Gasteiger partial charge is 0.100 e. The maximum atomic E-state index is 8.76. The number of nitriles is 1. The molecule has 0 bridgehead atoms. The molecule has 0 radical (unpaired) electrons. The average molecular weight is 240 g/mol. The number of benzene rings is 1. The monoisotopic (exact) mass is 239 g/mol. The third kappa shape index (κ3) is 2.83. The van der Waals surface area contributed by atoms with E-state index in [4.69, 9.17) is 10.00 Å². The molecule has 1 aromatic rings. The molecule has 0 aliphatic carbocycles. The van der Waals surface area contributed by atoms with Gasteiger partial charge in [0, 0.05) is 11.6 Å². The van der Waals surface area contributed by atoms with Gasteiger partial charge in [0.05, 0.1) is 12.2 Å². The minimum absolute atomic E-state index is 0.675. The normalized spacial score (nSPS) is 9.62. The Labute approximate surface area is 86.3 Å². The average Bonchev–Trinajstić information content (AvgIpc) is 2.16. The number of ether oxygens (including phenoxy) is 1. The zero-order chi connectivity index (χ0) is 9.68. The number of hydrogen-bond donors (Lipinski definition) is 0. The molecule has 0 amide bonds. The molecule has 2 nitrogen and oxygen atoms in total. The van der Waals surface area contributed by atoms with Crippen LogP contribution in [0.2, 0.25) is 0 Å². The molecule has 0 saturated carbocycles. The van der Waals surface area contributed by atoms with Crippen LogP contribution in [0.1, 0.15) is 11.1 Å². The van der Waals surface area contributed by atoms with Crippen molar-refractivity contribution in [2.75, 3.05) is 13.7 Å². The highest BCUT2D eigenvalue weighted by atomic mass is 79.9.